The molecule has 42 heavy (non-hydrogen) atoms. The Hall–Kier alpha value is 0.437. The van der Waals surface area contributed by atoms with E-state index in [-0.39, 0.29) is 82.2 Å². The van der Waals surface area contributed by atoms with E-state index < -0.39 is 15.6 Å². The maximum Gasteiger partial charge on any atom is 3.00 e. The van der Waals surface area contributed by atoms with Gasteiger partial charge in [0.15, 0.2) is 0 Å². The van der Waals surface area contributed by atoms with Gasteiger partial charge in [-0.2, -0.15) is 35.1 Å². The first-order chi connectivity index (χ1) is 16.7. The van der Waals surface area contributed by atoms with Crippen LogP contribution < -0.4 is 0 Å². The number of benzene rings is 2. The summed E-state index contributed by atoms with van der Waals surface area (Å²) >= 11 is 7.33. The zero-order valence-corrected chi connectivity index (χ0v) is 32.5. The van der Waals surface area contributed by atoms with Crippen LogP contribution in [0.2, 0.25) is 0 Å². The number of hydrogen-bond donors (Lipinski definition) is 1. The van der Waals surface area contributed by atoms with E-state index in [0.29, 0.717) is 0 Å². The van der Waals surface area contributed by atoms with Crippen LogP contribution in [0.4, 0.5) is 13.2 Å². The van der Waals surface area contributed by atoms with E-state index in [1.54, 1.807) is 0 Å². The van der Waals surface area contributed by atoms with E-state index in [9.17, 15) is 13.2 Å². The van der Waals surface area contributed by atoms with Crippen LogP contribution in [-0.2, 0) is 71.5 Å². The third kappa shape index (κ3) is 34.9. The normalized spacial score (nSPS) is 13.7. The van der Waals surface area contributed by atoms with E-state index in [1.165, 1.54) is 107 Å². The molecule has 2 aromatic rings. The Bertz CT molecular complexity index is 767. The third-order valence-corrected chi connectivity index (χ3v) is 6.29. The Morgan fingerprint density at radius 1 is 0.548 bits per heavy atom. The molecule has 12 heteroatoms. The second-order valence-electron chi connectivity index (χ2n) is 8.57. The maximum atomic E-state index is 10.7. The number of rotatable bonds is 0. The van der Waals surface area contributed by atoms with Gasteiger partial charge in [-0.05, 0) is 10.8 Å². The molecular weight excluding hydrogens is 796 g/mol. The van der Waals surface area contributed by atoms with Crippen molar-refractivity contribution in [1.29, 1.82) is 0 Å². The van der Waals surface area contributed by atoms with Gasteiger partial charge in [-0.1, -0.05) is 145 Å². The van der Waals surface area contributed by atoms with Crippen LogP contribution in [0.15, 0.2) is 48.5 Å². The van der Waals surface area contributed by atoms with E-state index in [4.69, 9.17) is 13.0 Å². The predicted octanol–water partition coefficient (Wildman–Crippen LogP) is 11.0. The van der Waals surface area contributed by atoms with Gasteiger partial charge in [0.25, 0.3) is 0 Å². The molecule has 5 rings (SSSR count). The zero-order valence-electron chi connectivity index (χ0n) is 25.6. The predicted molar refractivity (Wildman–Crippen MR) is 182 cm³/mol. The van der Waals surface area contributed by atoms with Crippen molar-refractivity contribution in [2.75, 3.05) is 0 Å². The summed E-state index contributed by atoms with van der Waals surface area (Å²) in [6.45, 7) is 0. The molecule has 3 fully saturated rings. The van der Waals surface area contributed by atoms with Crippen molar-refractivity contribution in [3.05, 3.63) is 78.2 Å². The molecule has 0 atom stereocenters. The topological polar surface area (TPSA) is 54.4 Å². The SMILES string of the molecule is C1CCCC1.C1CCCC1.C1CCCC1.O=S(=O)(O)C(F)(F)F.S.S=S.[CH3-].[CH3-].[CH3-].[CH3-].[Ru+2].[Ru+3].c1ccc2ccccc2c1. The van der Waals surface area contributed by atoms with Crippen molar-refractivity contribution in [1.82, 2.24) is 0 Å². The molecule has 0 heterocycles. The summed E-state index contributed by atoms with van der Waals surface area (Å²) < 4.78 is 57.5. The Labute approximate surface area is 299 Å². The monoisotopic (exact) mass is 850 g/mol. The smallest absolute Gasteiger partial charge is 0.358 e. The van der Waals surface area contributed by atoms with Crippen LogP contribution in [0.3, 0.4) is 0 Å². The molecule has 0 saturated heterocycles. The first kappa shape index (κ1) is 61.4. The molecule has 0 unspecified atom stereocenters. The second kappa shape index (κ2) is 39.5. The number of halogens is 3. The summed E-state index contributed by atoms with van der Waals surface area (Å²) in [7, 11) is -5.84. The van der Waals surface area contributed by atoms with Gasteiger partial charge in [-0.15, -0.1) is 0 Å². The van der Waals surface area contributed by atoms with Gasteiger partial charge in [-0.25, -0.2) is 0 Å². The van der Waals surface area contributed by atoms with E-state index in [0.717, 1.165) is 0 Å². The quantitative estimate of drug-likeness (QED) is 0.124. The fourth-order valence-corrected chi connectivity index (χ4v) is 3.78. The maximum absolute atomic E-state index is 10.7. The van der Waals surface area contributed by atoms with E-state index in [2.05, 4.69) is 70.9 Å². The summed E-state index contributed by atoms with van der Waals surface area (Å²) in [5.41, 5.74) is -5.53. The molecule has 0 amide bonds. The average Bonchev–Trinajstić information content (AvgIpc) is 3.67. The molecule has 1 radical (unpaired) electrons. The molecule has 0 aromatic heterocycles. The number of fused-ring (bicyclic) bond motifs is 1. The van der Waals surface area contributed by atoms with Crippen molar-refractivity contribution in [2.24, 2.45) is 0 Å². The van der Waals surface area contributed by atoms with Crippen molar-refractivity contribution in [3.8, 4) is 0 Å². The minimum absolute atomic E-state index is 0. The largest absolute Gasteiger partial charge is 3.00 e. The molecule has 3 aliphatic rings. The zero-order chi connectivity index (χ0) is 26.4. The van der Waals surface area contributed by atoms with Gasteiger partial charge < -0.3 is 29.7 Å². The Morgan fingerprint density at radius 2 is 0.667 bits per heavy atom. The average molecular weight is 849 g/mol. The molecule has 251 valence electrons. The minimum Gasteiger partial charge on any atom is -0.358 e. The van der Waals surface area contributed by atoms with Crippen molar-refractivity contribution < 1.29 is 65.1 Å². The summed E-state index contributed by atoms with van der Waals surface area (Å²) in [4.78, 5) is 0. The number of alkyl halides is 3. The van der Waals surface area contributed by atoms with Gasteiger partial charge in [0.2, 0.25) is 0 Å². The van der Waals surface area contributed by atoms with Crippen LogP contribution in [-0.4, -0.2) is 18.5 Å². The molecule has 3 nitrogen and oxygen atoms in total. The van der Waals surface area contributed by atoms with Crippen LogP contribution in [0.1, 0.15) is 96.3 Å². The summed E-state index contributed by atoms with van der Waals surface area (Å²) in [5.74, 6) is 0. The molecule has 0 spiro atoms. The second-order valence-corrected chi connectivity index (χ2v) is 9.98. The molecule has 3 aliphatic carbocycles. The summed E-state index contributed by atoms with van der Waals surface area (Å²) in [6.07, 6.45) is 22.5. The van der Waals surface area contributed by atoms with Crippen molar-refractivity contribution in [2.45, 2.75) is 102 Å². The summed E-state index contributed by atoms with van der Waals surface area (Å²) in [6, 6.07) is 16.7. The first-order valence-corrected chi connectivity index (χ1v) is 15.1. The molecule has 0 bridgehead atoms. The summed E-state index contributed by atoms with van der Waals surface area (Å²) in [5, 5.41) is 2.62. The van der Waals surface area contributed by atoms with Crippen molar-refractivity contribution in [3.63, 3.8) is 0 Å². The fourth-order valence-electron chi connectivity index (χ4n) is 3.78. The third-order valence-electron chi connectivity index (χ3n) is 5.70. The van der Waals surface area contributed by atoms with Crippen LogP contribution in [0.5, 0.6) is 0 Å². The Morgan fingerprint density at radius 3 is 0.762 bits per heavy atom. The minimum atomic E-state index is -5.84. The molecular formula is C30H53F3O3Ru2S4+. The van der Waals surface area contributed by atoms with Crippen LogP contribution >= 0.6 is 13.5 Å². The van der Waals surface area contributed by atoms with Gasteiger partial charge in [0.05, 0.1) is 0 Å². The van der Waals surface area contributed by atoms with Gasteiger partial charge in [-0.3, -0.25) is 4.55 Å². The molecule has 0 aliphatic heterocycles. The Kier molecular flexibility index (Phi) is 57.7. The van der Waals surface area contributed by atoms with Crippen molar-refractivity contribution >= 4 is 56.8 Å². The van der Waals surface area contributed by atoms with E-state index >= 15 is 0 Å². The molecule has 2 aromatic carbocycles. The van der Waals surface area contributed by atoms with Gasteiger partial charge in [0, 0.05) is 22.4 Å². The fraction of sp³-hybridized carbons (Fsp3) is 0.533. The number of hydrogen-bond acceptors (Lipinski definition) is 4. The van der Waals surface area contributed by atoms with Gasteiger partial charge >= 0.3 is 54.6 Å². The Balaban J connectivity index is -0.0000000555. The standard InChI is InChI=1S/C10H8.3C5H10.CHF3O3S.4CH3.2Ru.S2.H2S/c1-2-6-10-8-4-3-7-9(10)5-1;3*1-2-4-5-3-1;2-1(3,4)8(5,6)7;;;;;;;1-2;/h1-8H;3*1-5H2;(H,5,6,7);4*1H3;;;;1H2/q;;;;;4*-1;+2;+3;;. The van der Waals surface area contributed by atoms with Crippen LogP contribution in [0.25, 0.3) is 10.8 Å². The van der Waals surface area contributed by atoms with Crippen LogP contribution in [0, 0.1) is 29.7 Å². The first-order valence-electron chi connectivity index (χ1n) is 12.4. The van der Waals surface area contributed by atoms with Gasteiger partial charge in [0.1, 0.15) is 0 Å². The van der Waals surface area contributed by atoms with E-state index in [1.807, 2.05) is 0 Å². The molecule has 3 saturated carbocycles. The molecule has 1 N–H and O–H groups in total.